The van der Waals surface area contributed by atoms with Gasteiger partial charge >= 0.3 is 0 Å². The molecule has 2 rings (SSSR count). The van der Waals surface area contributed by atoms with Gasteiger partial charge in [0.1, 0.15) is 5.76 Å². The standard InChI is InChI=1S/C15H21NO2/c1-5-17-12-8-6-7-11-9-13(18-15(11)12)14(16-4)10(2)3/h6-10,14,16H,5H2,1-4H3. The first kappa shape index (κ1) is 13.0. The average Bonchev–Trinajstić information content (AvgIpc) is 2.74. The summed E-state index contributed by atoms with van der Waals surface area (Å²) < 4.78 is 11.6. The lowest BCUT2D eigenvalue weighted by Gasteiger charge is -2.17. The molecule has 0 aliphatic rings. The van der Waals surface area contributed by atoms with Crippen LogP contribution >= 0.6 is 0 Å². The van der Waals surface area contributed by atoms with Gasteiger partial charge in [0.15, 0.2) is 11.3 Å². The van der Waals surface area contributed by atoms with E-state index in [0.717, 1.165) is 22.5 Å². The second-order valence-corrected chi connectivity index (χ2v) is 4.77. The summed E-state index contributed by atoms with van der Waals surface area (Å²) in [7, 11) is 1.96. The van der Waals surface area contributed by atoms with E-state index in [9.17, 15) is 0 Å². The van der Waals surface area contributed by atoms with Gasteiger partial charge in [0.2, 0.25) is 0 Å². The van der Waals surface area contributed by atoms with Crippen molar-refractivity contribution in [2.24, 2.45) is 5.92 Å². The van der Waals surface area contributed by atoms with Crippen LogP contribution in [0.15, 0.2) is 28.7 Å². The van der Waals surface area contributed by atoms with Crippen LogP contribution in [0.1, 0.15) is 32.6 Å². The molecule has 0 saturated carbocycles. The zero-order valence-corrected chi connectivity index (χ0v) is 11.5. The summed E-state index contributed by atoms with van der Waals surface area (Å²) in [6.45, 7) is 6.98. The Morgan fingerprint density at radius 2 is 2.11 bits per heavy atom. The summed E-state index contributed by atoms with van der Waals surface area (Å²) in [5.74, 6) is 2.26. The monoisotopic (exact) mass is 247 g/mol. The van der Waals surface area contributed by atoms with Crippen LogP contribution in [0.4, 0.5) is 0 Å². The van der Waals surface area contributed by atoms with Crippen LogP contribution in [0.25, 0.3) is 11.0 Å². The lowest BCUT2D eigenvalue weighted by molar-refractivity contribution is 0.331. The third-order valence-electron chi connectivity index (χ3n) is 3.11. The van der Waals surface area contributed by atoms with Crippen LogP contribution in [0, 0.1) is 5.92 Å². The molecule has 0 aliphatic heterocycles. The third-order valence-corrected chi connectivity index (χ3v) is 3.11. The first-order valence-electron chi connectivity index (χ1n) is 6.49. The summed E-state index contributed by atoms with van der Waals surface area (Å²) in [6, 6.07) is 8.32. The smallest absolute Gasteiger partial charge is 0.176 e. The number of furan rings is 1. The lowest BCUT2D eigenvalue weighted by atomic mass is 10.0. The molecule has 3 nitrogen and oxygen atoms in total. The van der Waals surface area contributed by atoms with Crippen molar-refractivity contribution < 1.29 is 9.15 Å². The van der Waals surface area contributed by atoms with Gasteiger partial charge in [-0.25, -0.2) is 0 Å². The highest BCUT2D eigenvalue weighted by Crippen LogP contribution is 2.33. The van der Waals surface area contributed by atoms with Gasteiger partial charge in [-0.3, -0.25) is 0 Å². The maximum absolute atomic E-state index is 5.98. The summed E-state index contributed by atoms with van der Waals surface area (Å²) >= 11 is 0. The first-order chi connectivity index (χ1) is 8.67. The normalized spacial score (nSPS) is 13.2. The molecule has 0 saturated heterocycles. The Balaban J connectivity index is 2.46. The summed E-state index contributed by atoms with van der Waals surface area (Å²) in [4.78, 5) is 0. The molecular formula is C15H21NO2. The van der Waals surface area contributed by atoms with Crippen LogP contribution in [-0.4, -0.2) is 13.7 Å². The summed E-state index contributed by atoms with van der Waals surface area (Å²) in [5.41, 5.74) is 0.843. The molecule has 0 aliphatic carbocycles. The molecule has 0 spiro atoms. The SMILES string of the molecule is CCOc1cccc2cc(C(NC)C(C)C)oc12. The van der Waals surface area contributed by atoms with Gasteiger partial charge in [0, 0.05) is 5.39 Å². The van der Waals surface area contributed by atoms with Crippen LogP contribution in [0.2, 0.25) is 0 Å². The van der Waals surface area contributed by atoms with Crippen molar-refractivity contribution in [1.82, 2.24) is 5.32 Å². The minimum Gasteiger partial charge on any atom is -0.490 e. The van der Waals surface area contributed by atoms with Gasteiger partial charge in [-0.15, -0.1) is 0 Å². The van der Waals surface area contributed by atoms with E-state index in [4.69, 9.17) is 9.15 Å². The minimum atomic E-state index is 0.229. The Bertz CT molecular complexity index is 516. The molecule has 3 heteroatoms. The highest BCUT2D eigenvalue weighted by Gasteiger charge is 2.19. The molecular weight excluding hydrogens is 226 g/mol. The Hall–Kier alpha value is -1.48. The Kier molecular flexibility index (Phi) is 3.92. The fourth-order valence-electron chi connectivity index (χ4n) is 2.28. The largest absolute Gasteiger partial charge is 0.490 e. The predicted octanol–water partition coefficient (Wildman–Crippen LogP) is 3.75. The molecule has 1 unspecified atom stereocenters. The first-order valence-corrected chi connectivity index (χ1v) is 6.49. The molecule has 18 heavy (non-hydrogen) atoms. The maximum Gasteiger partial charge on any atom is 0.176 e. The van der Waals surface area contributed by atoms with Gasteiger partial charge in [-0.1, -0.05) is 26.0 Å². The zero-order chi connectivity index (χ0) is 13.1. The molecule has 2 aromatic rings. The molecule has 0 bridgehead atoms. The highest BCUT2D eigenvalue weighted by molar-refractivity contribution is 5.83. The van der Waals surface area contributed by atoms with Crippen molar-refractivity contribution in [3.05, 3.63) is 30.0 Å². The summed E-state index contributed by atoms with van der Waals surface area (Å²) in [5, 5.41) is 4.39. The van der Waals surface area contributed by atoms with Crippen LogP contribution in [-0.2, 0) is 0 Å². The van der Waals surface area contributed by atoms with E-state index in [0.29, 0.717) is 12.5 Å². The van der Waals surface area contributed by atoms with E-state index in [2.05, 4.69) is 31.3 Å². The second kappa shape index (κ2) is 5.44. The van der Waals surface area contributed by atoms with Crippen molar-refractivity contribution >= 4 is 11.0 Å². The van der Waals surface area contributed by atoms with Crippen molar-refractivity contribution in [3.8, 4) is 5.75 Å². The predicted molar refractivity (Wildman–Crippen MR) is 74.0 cm³/mol. The van der Waals surface area contributed by atoms with E-state index < -0.39 is 0 Å². The fraction of sp³-hybridized carbons (Fsp3) is 0.467. The molecule has 1 heterocycles. The molecule has 1 aromatic heterocycles. The van der Waals surface area contributed by atoms with E-state index in [-0.39, 0.29) is 6.04 Å². The summed E-state index contributed by atoms with van der Waals surface area (Å²) in [6.07, 6.45) is 0. The number of hydrogen-bond donors (Lipinski definition) is 1. The van der Waals surface area contributed by atoms with E-state index >= 15 is 0 Å². The molecule has 0 radical (unpaired) electrons. The van der Waals surface area contributed by atoms with Crippen molar-refractivity contribution in [2.45, 2.75) is 26.8 Å². The van der Waals surface area contributed by atoms with Gasteiger partial charge in [0.25, 0.3) is 0 Å². The highest BCUT2D eigenvalue weighted by atomic mass is 16.5. The van der Waals surface area contributed by atoms with Crippen LogP contribution in [0.3, 0.4) is 0 Å². The van der Waals surface area contributed by atoms with E-state index in [1.54, 1.807) is 0 Å². The average molecular weight is 247 g/mol. The number of fused-ring (bicyclic) bond motifs is 1. The molecule has 1 N–H and O–H groups in total. The molecule has 0 fully saturated rings. The topological polar surface area (TPSA) is 34.4 Å². The molecule has 1 atom stereocenters. The second-order valence-electron chi connectivity index (χ2n) is 4.77. The van der Waals surface area contributed by atoms with Gasteiger partial charge in [0.05, 0.1) is 12.6 Å². The van der Waals surface area contributed by atoms with Gasteiger partial charge in [-0.2, -0.15) is 0 Å². The Morgan fingerprint density at radius 1 is 1.33 bits per heavy atom. The molecule has 1 aromatic carbocycles. The quantitative estimate of drug-likeness (QED) is 0.873. The number of benzene rings is 1. The maximum atomic E-state index is 5.98. The van der Waals surface area contributed by atoms with Gasteiger partial charge in [-0.05, 0) is 32.0 Å². The van der Waals surface area contributed by atoms with Crippen molar-refractivity contribution in [1.29, 1.82) is 0 Å². The minimum absolute atomic E-state index is 0.229. The number of para-hydroxylation sites is 1. The van der Waals surface area contributed by atoms with Crippen molar-refractivity contribution in [3.63, 3.8) is 0 Å². The van der Waals surface area contributed by atoms with Gasteiger partial charge < -0.3 is 14.5 Å². The molecule has 0 amide bonds. The van der Waals surface area contributed by atoms with Crippen LogP contribution < -0.4 is 10.1 Å². The Labute approximate surface area is 108 Å². The Morgan fingerprint density at radius 3 is 2.72 bits per heavy atom. The third kappa shape index (κ3) is 2.36. The van der Waals surface area contributed by atoms with E-state index in [1.807, 2.05) is 26.1 Å². The molecule has 98 valence electrons. The zero-order valence-electron chi connectivity index (χ0n) is 11.5. The fourth-order valence-corrected chi connectivity index (χ4v) is 2.28. The van der Waals surface area contributed by atoms with E-state index in [1.165, 1.54) is 0 Å². The number of ether oxygens (including phenoxy) is 1. The van der Waals surface area contributed by atoms with Crippen LogP contribution in [0.5, 0.6) is 5.75 Å². The number of hydrogen-bond acceptors (Lipinski definition) is 3. The number of nitrogens with one attached hydrogen (secondary N) is 1. The lowest BCUT2D eigenvalue weighted by Crippen LogP contribution is -2.20. The van der Waals surface area contributed by atoms with Crippen molar-refractivity contribution in [2.75, 3.05) is 13.7 Å². The number of rotatable bonds is 5.